The molecular weight excluding hydrogens is 240 g/mol. The Bertz CT molecular complexity index is 457. The van der Waals surface area contributed by atoms with E-state index in [0.717, 1.165) is 25.2 Å². The molecule has 1 aromatic rings. The Morgan fingerprint density at radius 2 is 2.17 bits per heavy atom. The van der Waals surface area contributed by atoms with Crippen molar-refractivity contribution in [1.29, 1.82) is 0 Å². The van der Waals surface area contributed by atoms with Crippen LogP contribution in [0.15, 0.2) is 12.4 Å². The Morgan fingerprint density at radius 1 is 1.56 bits per heavy atom. The van der Waals surface area contributed by atoms with Gasteiger partial charge in [0, 0.05) is 6.04 Å². The first kappa shape index (κ1) is 12.2. The van der Waals surface area contributed by atoms with E-state index in [9.17, 15) is 14.9 Å². The van der Waals surface area contributed by atoms with E-state index in [4.69, 9.17) is 5.11 Å². The van der Waals surface area contributed by atoms with Gasteiger partial charge in [-0.1, -0.05) is 0 Å². The van der Waals surface area contributed by atoms with Crippen LogP contribution in [0.5, 0.6) is 0 Å². The number of aliphatic carboxylic acids is 1. The molecule has 0 saturated heterocycles. The van der Waals surface area contributed by atoms with Gasteiger partial charge in [-0.15, -0.1) is 0 Å². The van der Waals surface area contributed by atoms with Crippen molar-refractivity contribution in [2.45, 2.75) is 25.3 Å². The minimum absolute atomic E-state index is 0.00891. The Kier molecular flexibility index (Phi) is 3.35. The number of carbonyl (C=O) groups is 1. The van der Waals surface area contributed by atoms with E-state index in [0.29, 0.717) is 5.92 Å². The van der Waals surface area contributed by atoms with Crippen molar-refractivity contribution in [2.75, 3.05) is 5.32 Å². The van der Waals surface area contributed by atoms with Gasteiger partial charge in [0.15, 0.2) is 0 Å². The molecule has 1 atom stereocenters. The highest BCUT2D eigenvalue weighted by Gasteiger charge is 2.33. The van der Waals surface area contributed by atoms with Crippen LogP contribution >= 0.6 is 0 Å². The molecule has 0 aliphatic heterocycles. The molecule has 1 aliphatic rings. The first-order valence-corrected chi connectivity index (χ1v) is 5.51. The van der Waals surface area contributed by atoms with E-state index in [1.165, 1.54) is 0 Å². The molecule has 1 fully saturated rings. The number of hydrogen-bond donors (Lipinski definition) is 2. The molecule has 0 radical (unpaired) electrons. The summed E-state index contributed by atoms with van der Waals surface area (Å²) in [5.41, 5.74) is -0.193. The number of rotatable bonds is 6. The zero-order chi connectivity index (χ0) is 13.1. The van der Waals surface area contributed by atoms with Crippen LogP contribution in [0.4, 0.5) is 11.6 Å². The molecule has 0 aromatic carbocycles. The van der Waals surface area contributed by atoms with Crippen molar-refractivity contribution < 1.29 is 14.8 Å². The first-order valence-electron chi connectivity index (χ1n) is 5.51. The maximum atomic E-state index is 10.7. The lowest BCUT2D eigenvalue weighted by Gasteiger charge is -2.15. The molecular formula is C10H12N4O4. The van der Waals surface area contributed by atoms with Crippen LogP contribution in [0.1, 0.15) is 19.3 Å². The van der Waals surface area contributed by atoms with Gasteiger partial charge in [0.1, 0.15) is 12.4 Å². The third kappa shape index (κ3) is 3.12. The van der Waals surface area contributed by atoms with E-state index in [-0.39, 0.29) is 24.1 Å². The smallest absolute Gasteiger partial charge is 0.305 e. The van der Waals surface area contributed by atoms with E-state index in [2.05, 4.69) is 15.3 Å². The number of nitrogens with zero attached hydrogens (tertiary/aromatic N) is 3. The molecule has 1 aliphatic carbocycles. The van der Waals surface area contributed by atoms with Crippen molar-refractivity contribution in [1.82, 2.24) is 9.97 Å². The second kappa shape index (κ2) is 4.94. The van der Waals surface area contributed by atoms with Crippen molar-refractivity contribution in [3.63, 3.8) is 0 Å². The molecule has 96 valence electrons. The number of nitro groups is 1. The summed E-state index contributed by atoms with van der Waals surface area (Å²) in [6.45, 7) is 0. The minimum Gasteiger partial charge on any atom is -0.481 e. The number of anilines is 1. The molecule has 8 heteroatoms. The summed E-state index contributed by atoms with van der Waals surface area (Å²) < 4.78 is 0. The summed E-state index contributed by atoms with van der Waals surface area (Å²) in [6, 6.07) is -0.219. The van der Waals surface area contributed by atoms with Gasteiger partial charge in [-0.3, -0.25) is 14.9 Å². The van der Waals surface area contributed by atoms with E-state index >= 15 is 0 Å². The van der Waals surface area contributed by atoms with Gasteiger partial charge in [0.2, 0.25) is 5.95 Å². The molecule has 1 unspecified atom stereocenters. The van der Waals surface area contributed by atoms with Gasteiger partial charge >= 0.3 is 11.7 Å². The third-order valence-corrected chi connectivity index (χ3v) is 2.75. The quantitative estimate of drug-likeness (QED) is 0.573. The van der Waals surface area contributed by atoms with E-state index < -0.39 is 10.9 Å². The molecule has 1 heterocycles. The molecule has 0 bridgehead atoms. The van der Waals surface area contributed by atoms with Gasteiger partial charge in [-0.2, -0.15) is 0 Å². The van der Waals surface area contributed by atoms with Crippen molar-refractivity contribution in [2.24, 2.45) is 5.92 Å². The highest BCUT2D eigenvalue weighted by atomic mass is 16.6. The van der Waals surface area contributed by atoms with Crippen LogP contribution in [0.2, 0.25) is 0 Å². The standard InChI is InChI=1S/C10H12N4O4/c15-9(16)3-8(6-1-2-6)13-10-11-4-7(5-12-10)14(17)18/h4-6,8H,1-3H2,(H,15,16)(H,11,12,13). The molecule has 2 rings (SSSR count). The molecule has 18 heavy (non-hydrogen) atoms. The summed E-state index contributed by atoms with van der Waals surface area (Å²) in [4.78, 5) is 28.1. The fraction of sp³-hybridized carbons (Fsp3) is 0.500. The second-order valence-electron chi connectivity index (χ2n) is 4.21. The van der Waals surface area contributed by atoms with Crippen LogP contribution in [0.3, 0.4) is 0 Å². The van der Waals surface area contributed by atoms with E-state index in [1.807, 2.05) is 0 Å². The second-order valence-corrected chi connectivity index (χ2v) is 4.21. The Balaban J connectivity index is 2.02. The monoisotopic (exact) mass is 252 g/mol. The fourth-order valence-electron chi connectivity index (χ4n) is 1.68. The molecule has 1 aromatic heterocycles. The van der Waals surface area contributed by atoms with Gasteiger partial charge < -0.3 is 10.4 Å². The van der Waals surface area contributed by atoms with Crippen molar-refractivity contribution >= 4 is 17.6 Å². The lowest BCUT2D eigenvalue weighted by molar-refractivity contribution is -0.385. The summed E-state index contributed by atoms with van der Waals surface area (Å²) in [7, 11) is 0. The largest absolute Gasteiger partial charge is 0.481 e. The minimum atomic E-state index is -0.888. The molecule has 0 spiro atoms. The Labute approximate surface area is 102 Å². The maximum absolute atomic E-state index is 10.7. The normalized spacial score (nSPS) is 16.0. The van der Waals surface area contributed by atoms with Gasteiger partial charge in [0.05, 0.1) is 11.3 Å². The zero-order valence-electron chi connectivity index (χ0n) is 9.44. The SMILES string of the molecule is O=C(O)CC(Nc1ncc([N+](=O)[O-])cn1)C1CC1. The Morgan fingerprint density at radius 3 is 2.61 bits per heavy atom. The van der Waals surface area contributed by atoms with Gasteiger partial charge in [0.25, 0.3) is 0 Å². The number of nitrogens with one attached hydrogen (secondary N) is 1. The van der Waals surface area contributed by atoms with Crippen LogP contribution < -0.4 is 5.32 Å². The number of aromatic nitrogens is 2. The predicted octanol–water partition coefficient (Wildman–Crippen LogP) is 1.05. The summed E-state index contributed by atoms with van der Waals surface area (Å²) in [5, 5.41) is 22.1. The van der Waals surface area contributed by atoms with Crippen LogP contribution in [0, 0.1) is 16.0 Å². The zero-order valence-corrected chi connectivity index (χ0v) is 9.44. The van der Waals surface area contributed by atoms with Gasteiger partial charge in [-0.05, 0) is 18.8 Å². The van der Waals surface area contributed by atoms with Crippen molar-refractivity contribution in [3.05, 3.63) is 22.5 Å². The maximum Gasteiger partial charge on any atom is 0.305 e. The average molecular weight is 252 g/mol. The highest BCUT2D eigenvalue weighted by Crippen LogP contribution is 2.35. The highest BCUT2D eigenvalue weighted by molar-refractivity contribution is 5.68. The summed E-state index contributed by atoms with van der Waals surface area (Å²) in [5.74, 6) is -0.347. The third-order valence-electron chi connectivity index (χ3n) is 2.75. The van der Waals surface area contributed by atoms with Crippen molar-refractivity contribution in [3.8, 4) is 0 Å². The molecule has 8 nitrogen and oxygen atoms in total. The molecule has 2 N–H and O–H groups in total. The van der Waals surface area contributed by atoms with Crippen LogP contribution in [-0.2, 0) is 4.79 Å². The molecule has 0 amide bonds. The van der Waals surface area contributed by atoms with Crippen LogP contribution in [-0.4, -0.2) is 32.0 Å². The summed E-state index contributed by atoms with van der Waals surface area (Å²) >= 11 is 0. The number of carboxylic acids is 1. The molecule has 1 saturated carbocycles. The lowest BCUT2D eigenvalue weighted by atomic mass is 10.1. The lowest BCUT2D eigenvalue weighted by Crippen LogP contribution is -2.26. The average Bonchev–Trinajstić information content (AvgIpc) is 3.12. The number of hydrogen-bond acceptors (Lipinski definition) is 6. The van der Waals surface area contributed by atoms with Crippen LogP contribution in [0.25, 0.3) is 0 Å². The Hall–Kier alpha value is -2.25. The number of carboxylic acid groups (broad SMARTS) is 1. The van der Waals surface area contributed by atoms with E-state index in [1.54, 1.807) is 0 Å². The predicted molar refractivity (Wildman–Crippen MR) is 61.1 cm³/mol. The summed E-state index contributed by atoms with van der Waals surface area (Å²) in [6.07, 6.45) is 4.15. The van der Waals surface area contributed by atoms with Gasteiger partial charge in [-0.25, -0.2) is 9.97 Å². The topological polar surface area (TPSA) is 118 Å². The fourth-order valence-corrected chi connectivity index (χ4v) is 1.68. The first-order chi connectivity index (χ1) is 8.56.